The Bertz CT molecular complexity index is 471. The molecule has 0 aliphatic carbocycles. The summed E-state index contributed by atoms with van der Waals surface area (Å²) in [5, 5.41) is 17.2. The van der Waals surface area contributed by atoms with Gasteiger partial charge in [-0.15, -0.1) is 0 Å². The van der Waals surface area contributed by atoms with E-state index < -0.39 is 17.9 Å². The monoisotopic (exact) mass is 236 g/mol. The van der Waals surface area contributed by atoms with Crippen LogP contribution in [0.1, 0.15) is 10.4 Å². The molecule has 1 aromatic carbocycles. The summed E-state index contributed by atoms with van der Waals surface area (Å²) in [6.07, 6.45) is 1.19. The minimum absolute atomic E-state index is 0.0290. The van der Waals surface area contributed by atoms with Gasteiger partial charge in [-0.1, -0.05) is 0 Å². The van der Waals surface area contributed by atoms with Gasteiger partial charge in [0.25, 0.3) is 0 Å². The number of carboxylic acid groups (broad SMARTS) is 1. The van der Waals surface area contributed by atoms with Gasteiger partial charge in [0.15, 0.2) is 0 Å². The second kappa shape index (κ2) is 5.45. The van der Waals surface area contributed by atoms with Crippen LogP contribution < -0.4 is 0 Å². The maximum atomic E-state index is 11.3. The van der Waals surface area contributed by atoms with Crippen molar-refractivity contribution in [1.82, 2.24) is 0 Å². The third-order valence-corrected chi connectivity index (χ3v) is 1.66. The van der Waals surface area contributed by atoms with E-state index in [0.29, 0.717) is 12.2 Å². The Hall–Kier alpha value is -2.63. The number of carboxylic acids is 1. The molecule has 0 saturated heterocycles. The molecule has 0 bridgehead atoms. The average molecular weight is 236 g/mol. The van der Waals surface area contributed by atoms with Crippen molar-refractivity contribution in [2.75, 3.05) is 0 Å². The fourth-order valence-corrected chi connectivity index (χ4v) is 0.921. The van der Waals surface area contributed by atoms with Crippen LogP contribution >= 0.6 is 0 Å². The standard InChI is InChI=1S/C11H8O6/c12-8-3-1-7(2-4-8)11(16)17-10(15)6-5-9(13)14/h1-6,12H,(H,13,14)/b6-5+. The Morgan fingerprint density at radius 3 is 2.18 bits per heavy atom. The highest BCUT2D eigenvalue weighted by atomic mass is 16.6. The molecule has 0 aliphatic rings. The van der Waals surface area contributed by atoms with Crippen molar-refractivity contribution < 1.29 is 29.3 Å². The average Bonchev–Trinajstić information content (AvgIpc) is 2.27. The molecule has 6 heteroatoms. The Labute approximate surface area is 95.8 Å². The molecule has 1 rings (SSSR count). The van der Waals surface area contributed by atoms with Crippen molar-refractivity contribution in [2.24, 2.45) is 0 Å². The number of hydrogen-bond donors (Lipinski definition) is 2. The number of hydrogen-bond acceptors (Lipinski definition) is 5. The molecule has 0 atom stereocenters. The molecular formula is C11H8O6. The Morgan fingerprint density at radius 1 is 1.06 bits per heavy atom. The lowest BCUT2D eigenvalue weighted by molar-refractivity contribution is -0.134. The molecule has 0 unspecified atom stereocenters. The second-order valence-corrected chi connectivity index (χ2v) is 2.93. The van der Waals surface area contributed by atoms with Crippen molar-refractivity contribution in [3.8, 4) is 5.75 Å². The first-order valence-corrected chi connectivity index (χ1v) is 4.45. The molecule has 6 nitrogen and oxygen atoms in total. The summed E-state index contributed by atoms with van der Waals surface area (Å²) in [6, 6.07) is 5.06. The van der Waals surface area contributed by atoms with Gasteiger partial charge in [-0.05, 0) is 24.3 Å². The number of aliphatic carboxylic acids is 1. The number of rotatable bonds is 3. The molecule has 0 amide bonds. The van der Waals surface area contributed by atoms with Crippen LogP contribution in [0.5, 0.6) is 5.75 Å². The highest BCUT2D eigenvalue weighted by molar-refractivity contribution is 6.01. The molecule has 17 heavy (non-hydrogen) atoms. The van der Waals surface area contributed by atoms with Crippen molar-refractivity contribution in [2.45, 2.75) is 0 Å². The van der Waals surface area contributed by atoms with Crippen LogP contribution in [-0.2, 0) is 14.3 Å². The van der Waals surface area contributed by atoms with E-state index in [4.69, 9.17) is 10.2 Å². The number of benzene rings is 1. The molecule has 2 N–H and O–H groups in total. The quantitative estimate of drug-likeness (QED) is 0.455. The molecule has 0 spiro atoms. The summed E-state index contributed by atoms with van der Waals surface area (Å²) in [5.74, 6) is -3.35. The second-order valence-electron chi connectivity index (χ2n) is 2.93. The summed E-state index contributed by atoms with van der Waals surface area (Å²) < 4.78 is 4.32. The molecule has 0 saturated carbocycles. The third-order valence-electron chi connectivity index (χ3n) is 1.66. The maximum absolute atomic E-state index is 11.3. The normalized spacial score (nSPS) is 10.1. The Morgan fingerprint density at radius 2 is 1.65 bits per heavy atom. The van der Waals surface area contributed by atoms with E-state index in [-0.39, 0.29) is 11.3 Å². The number of phenolic OH excluding ortho intramolecular Hbond substituents is 1. The summed E-state index contributed by atoms with van der Waals surface area (Å²) >= 11 is 0. The van der Waals surface area contributed by atoms with Gasteiger partial charge in [0.2, 0.25) is 0 Å². The van der Waals surface area contributed by atoms with E-state index in [1.807, 2.05) is 0 Å². The zero-order valence-corrected chi connectivity index (χ0v) is 8.49. The van der Waals surface area contributed by atoms with Crippen LogP contribution in [0.4, 0.5) is 0 Å². The number of carbonyl (C=O) groups excluding carboxylic acids is 2. The predicted octanol–water partition coefficient (Wildman–Crippen LogP) is 0.716. The third kappa shape index (κ3) is 4.17. The number of aromatic hydroxyl groups is 1. The van der Waals surface area contributed by atoms with Gasteiger partial charge in [-0.25, -0.2) is 14.4 Å². The summed E-state index contributed by atoms with van der Waals surface area (Å²) in [5.41, 5.74) is 0.0693. The highest BCUT2D eigenvalue weighted by Crippen LogP contribution is 2.10. The number of ether oxygens (including phenoxy) is 1. The first-order valence-electron chi connectivity index (χ1n) is 4.45. The van der Waals surface area contributed by atoms with Gasteiger partial charge in [-0.3, -0.25) is 0 Å². The fourth-order valence-electron chi connectivity index (χ4n) is 0.921. The molecule has 88 valence electrons. The minimum atomic E-state index is -1.32. The van der Waals surface area contributed by atoms with Crippen LogP contribution in [0.3, 0.4) is 0 Å². The molecular weight excluding hydrogens is 228 g/mol. The molecule has 0 fully saturated rings. The summed E-state index contributed by atoms with van der Waals surface area (Å²) in [7, 11) is 0. The Kier molecular flexibility index (Phi) is 3.99. The topological polar surface area (TPSA) is 101 Å². The zero-order valence-electron chi connectivity index (χ0n) is 8.49. The molecule has 0 aromatic heterocycles. The molecule has 0 radical (unpaired) electrons. The van der Waals surface area contributed by atoms with Gasteiger partial charge >= 0.3 is 17.9 Å². The summed E-state index contributed by atoms with van der Waals surface area (Å²) in [4.78, 5) is 32.4. The van der Waals surface area contributed by atoms with E-state index >= 15 is 0 Å². The SMILES string of the molecule is O=C(O)/C=C/C(=O)OC(=O)c1ccc(O)cc1. The number of phenols is 1. The Balaban J connectivity index is 2.63. The fraction of sp³-hybridized carbons (Fsp3) is 0. The van der Waals surface area contributed by atoms with Crippen LogP contribution in [0.2, 0.25) is 0 Å². The van der Waals surface area contributed by atoms with Gasteiger partial charge in [0.05, 0.1) is 5.56 Å². The van der Waals surface area contributed by atoms with Crippen molar-refractivity contribution in [1.29, 1.82) is 0 Å². The van der Waals surface area contributed by atoms with Crippen LogP contribution in [-0.4, -0.2) is 28.1 Å². The molecule has 0 aliphatic heterocycles. The number of esters is 2. The maximum Gasteiger partial charge on any atom is 0.346 e. The van der Waals surface area contributed by atoms with E-state index in [1.165, 1.54) is 24.3 Å². The van der Waals surface area contributed by atoms with Crippen LogP contribution in [0.15, 0.2) is 36.4 Å². The smallest absolute Gasteiger partial charge is 0.346 e. The van der Waals surface area contributed by atoms with Crippen molar-refractivity contribution in [3.63, 3.8) is 0 Å². The lowest BCUT2D eigenvalue weighted by Crippen LogP contribution is -2.10. The minimum Gasteiger partial charge on any atom is -0.508 e. The number of carbonyl (C=O) groups is 3. The van der Waals surface area contributed by atoms with Crippen LogP contribution in [0, 0.1) is 0 Å². The van der Waals surface area contributed by atoms with Gasteiger partial charge in [-0.2, -0.15) is 0 Å². The lowest BCUT2D eigenvalue weighted by Gasteiger charge is -1.99. The van der Waals surface area contributed by atoms with E-state index in [0.717, 1.165) is 0 Å². The van der Waals surface area contributed by atoms with Gasteiger partial charge in [0.1, 0.15) is 5.75 Å². The van der Waals surface area contributed by atoms with Gasteiger partial charge in [0, 0.05) is 12.2 Å². The van der Waals surface area contributed by atoms with Gasteiger partial charge < -0.3 is 14.9 Å². The van der Waals surface area contributed by atoms with Crippen molar-refractivity contribution >= 4 is 17.9 Å². The highest BCUT2D eigenvalue weighted by Gasteiger charge is 2.10. The summed E-state index contributed by atoms with van der Waals surface area (Å²) in [6.45, 7) is 0. The predicted molar refractivity (Wildman–Crippen MR) is 55.3 cm³/mol. The zero-order chi connectivity index (χ0) is 12.8. The molecule has 1 aromatic rings. The molecule has 0 heterocycles. The largest absolute Gasteiger partial charge is 0.508 e. The van der Waals surface area contributed by atoms with Crippen molar-refractivity contribution in [3.05, 3.63) is 42.0 Å². The van der Waals surface area contributed by atoms with E-state index in [9.17, 15) is 14.4 Å². The first kappa shape index (κ1) is 12.4. The lowest BCUT2D eigenvalue weighted by atomic mass is 10.2. The van der Waals surface area contributed by atoms with E-state index in [2.05, 4.69) is 4.74 Å². The van der Waals surface area contributed by atoms with Crippen LogP contribution in [0.25, 0.3) is 0 Å². The first-order chi connectivity index (χ1) is 7.99. The van der Waals surface area contributed by atoms with E-state index in [1.54, 1.807) is 0 Å².